The quantitative estimate of drug-likeness (QED) is 0.615. The van der Waals surface area contributed by atoms with Gasteiger partial charge in [0.1, 0.15) is 0 Å². The van der Waals surface area contributed by atoms with Gasteiger partial charge >= 0.3 is 6.18 Å². The Hall–Kier alpha value is -0.250. The van der Waals surface area contributed by atoms with E-state index in [0.717, 1.165) is 12.0 Å². The van der Waals surface area contributed by atoms with Crippen LogP contribution in [0.2, 0.25) is 0 Å². The second-order valence-corrected chi connectivity index (χ2v) is 3.19. The summed E-state index contributed by atoms with van der Waals surface area (Å²) in [6.07, 6.45) is -0.505. The van der Waals surface area contributed by atoms with Crippen molar-refractivity contribution in [1.82, 2.24) is 0 Å². The fraction of sp³-hybridized carbons (Fsp3) is 0.500. The summed E-state index contributed by atoms with van der Waals surface area (Å²) in [4.78, 5) is 0. The van der Waals surface area contributed by atoms with E-state index in [-0.39, 0.29) is 0 Å². The molecule has 0 saturated carbocycles. The smallest absolute Gasteiger partial charge is 0.166 e. The number of allylic oxidation sites excluding steroid dienone is 4. The second-order valence-electron chi connectivity index (χ2n) is 2.63. The Morgan fingerprint density at radius 2 is 2.08 bits per heavy atom. The van der Waals surface area contributed by atoms with Gasteiger partial charge < -0.3 is 0 Å². The van der Waals surface area contributed by atoms with Crippen LogP contribution in [0, 0.1) is 0 Å². The predicted octanol–water partition coefficient (Wildman–Crippen LogP) is 3.59. The third-order valence-electron chi connectivity index (χ3n) is 1.69. The van der Waals surface area contributed by atoms with Gasteiger partial charge in [-0.15, -0.1) is 0 Å². The SMILES string of the molecule is FC(F)(F)C1=CCCC(CBr)=C1. The van der Waals surface area contributed by atoms with Crippen LogP contribution in [0.3, 0.4) is 0 Å². The molecule has 0 aromatic heterocycles. The van der Waals surface area contributed by atoms with E-state index in [1.54, 1.807) is 0 Å². The van der Waals surface area contributed by atoms with Gasteiger partial charge in [0.15, 0.2) is 0 Å². The highest BCUT2D eigenvalue weighted by Gasteiger charge is 2.32. The Kier molecular flexibility index (Phi) is 2.99. The number of halogens is 4. The van der Waals surface area contributed by atoms with Gasteiger partial charge in [-0.3, -0.25) is 0 Å². The van der Waals surface area contributed by atoms with E-state index in [2.05, 4.69) is 15.9 Å². The molecule has 12 heavy (non-hydrogen) atoms. The molecular formula is C8H8BrF3. The summed E-state index contributed by atoms with van der Waals surface area (Å²) in [5.41, 5.74) is 0.299. The molecule has 0 bridgehead atoms. The number of alkyl halides is 4. The molecule has 68 valence electrons. The van der Waals surface area contributed by atoms with Crippen LogP contribution in [-0.4, -0.2) is 11.5 Å². The Bertz CT molecular complexity index is 225. The van der Waals surface area contributed by atoms with E-state index in [4.69, 9.17) is 0 Å². The third-order valence-corrected chi connectivity index (χ3v) is 2.41. The Morgan fingerprint density at radius 3 is 2.58 bits per heavy atom. The zero-order valence-corrected chi connectivity index (χ0v) is 7.87. The Balaban J connectivity index is 2.80. The molecule has 4 heteroatoms. The highest BCUT2D eigenvalue weighted by atomic mass is 79.9. The molecule has 0 aromatic rings. The van der Waals surface area contributed by atoms with Crippen molar-refractivity contribution >= 4 is 15.9 Å². The van der Waals surface area contributed by atoms with E-state index >= 15 is 0 Å². The summed E-state index contributed by atoms with van der Waals surface area (Å²) < 4.78 is 36.4. The van der Waals surface area contributed by atoms with Gasteiger partial charge in [-0.1, -0.05) is 33.7 Å². The summed E-state index contributed by atoms with van der Waals surface area (Å²) in [6.45, 7) is 0. The van der Waals surface area contributed by atoms with Crippen molar-refractivity contribution in [1.29, 1.82) is 0 Å². The Labute approximate surface area is 77.3 Å². The van der Waals surface area contributed by atoms with E-state index in [1.807, 2.05) is 0 Å². The molecule has 0 amide bonds. The van der Waals surface area contributed by atoms with Crippen molar-refractivity contribution in [2.24, 2.45) is 0 Å². The van der Waals surface area contributed by atoms with Crippen LogP contribution in [0.1, 0.15) is 12.8 Å². The highest BCUT2D eigenvalue weighted by Crippen LogP contribution is 2.31. The molecule has 0 aliphatic heterocycles. The molecule has 0 fully saturated rings. The standard InChI is InChI=1S/C8H8BrF3/c9-5-6-2-1-3-7(4-6)8(10,11)12/h3-4H,1-2,5H2. The molecule has 0 atom stereocenters. The lowest BCUT2D eigenvalue weighted by Crippen LogP contribution is -2.12. The number of rotatable bonds is 1. The molecule has 0 unspecified atom stereocenters. The third kappa shape index (κ3) is 2.37. The van der Waals surface area contributed by atoms with Gasteiger partial charge in [0.05, 0.1) is 5.57 Å². The largest absolute Gasteiger partial charge is 0.416 e. The van der Waals surface area contributed by atoms with Crippen molar-refractivity contribution in [3.8, 4) is 0 Å². The molecule has 1 rings (SSSR count). The first-order valence-electron chi connectivity index (χ1n) is 3.57. The molecular weight excluding hydrogens is 233 g/mol. The van der Waals surface area contributed by atoms with Crippen molar-refractivity contribution < 1.29 is 13.2 Å². The van der Waals surface area contributed by atoms with Crippen LogP contribution in [0.4, 0.5) is 13.2 Å². The van der Waals surface area contributed by atoms with Crippen LogP contribution in [0.15, 0.2) is 23.3 Å². The second kappa shape index (κ2) is 3.64. The van der Waals surface area contributed by atoms with E-state index < -0.39 is 11.7 Å². The molecule has 0 nitrogen and oxygen atoms in total. The van der Waals surface area contributed by atoms with Crippen molar-refractivity contribution in [2.75, 3.05) is 5.33 Å². The van der Waals surface area contributed by atoms with Crippen LogP contribution in [0.25, 0.3) is 0 Å². The number of hydrogen-bond donors (Lipinski definition) is 0. The molecule has 0 saturated heterocycles. The Morgan fingerprint density at radius 1 is 1.42 bits per heavy atom. The van der Waals surface area contributed by atoms with E-state index in [9.17, 15) is 13.2 Å². The lowest BCUT2D eigenvalue weighted by atomic mass is 10.0. The molecule has 1 aliphatic carbocycles. The minimum atomic E-state index is -4.19. The predicted molar refractivity (Wildman–Crippen MR) is 45.2 cm³/mol. The van der Waals surface area contributed by atoms with Crippen LogP contribution < -0.4 is 0 Å². The zero-order chi connectivity index (χ0) is 9.19. The van der Waals surface area contributed by atoms with Crippen molar-refractivity contribution in [3.63, 3.8) is 0 Å². The minimum absolute atomic E-state index is 0.492. The van der Waals surface area contributed by atoms with E-state index in [0.29, 0.717) is 11.8 Å². The average Bonchev–Trinajstić information content (AvgIpc) is 2.03. The first-order valence-corrected chi connectivity index (χ1v) is 4.69. The molecule has 0 spiro atoms. The lowest BCUT2D eigenvalue weighted by Gasteiger charge is -2.14. The van der Waals surface area contributed by atoms with Gasteiger partial charge in [-0.05, 0) is 12.8 Å². The maximum absolute atomic E-state index is 12.1. The van der Waals surface area contributed by atoms with Gasteiger partial charge in [-0.2, -0.15) is 13.2 Å². The average molecular weight is 241 g/mol. The van der Waals surface area contributed by atoms with Gasteiger partial charge in [0.25, 0.3) is 0 Å². The van der Waals surface area contributed by atoms with Gasteiger partial charge in [-0.25, -0.2) is 0 Å². The fourth-order valence-electron chi connectivity index (χ4n) is 1.07. The summed E-state index contributed by atoms with van der Waals surface area (Å²) in [6, 6.07) is 0. The topological polar surface area (TPSA) is 0 Å². The summed E-state index contributed by atoms with van der Waals surface area (Å²) >= 11 is 3.14. The fourth-order valence-corrected chi connectivity index (χ4v) is 1.51. The van der Waals surface area contributed by atoms with Crippen LogP contribution >= 0.6 is 15.9 Å². The van der Waals surface area contributed by atoms with E-state index in [1.165, 1.54) is 12.2 Å². The van der Waals surface area contributed by atoms with Gasteiger partial charge in [0, 0.05) is 5.33 Å². The normalized spacial score (nSPS) is 18.7. The summed E-state index contributed by atoms with van der Waals surface area (Å²) in [5.74, 6) is 0. The minimum Gasteiger partial charge on any atom is -0.166 e. The van der Waals surface area contributed by atoms with Crippen LogP contribution in [-0.2, 0) is 0 Å². The first kappa shape index (κ1) is 9.84. The summed E-state index contributed by atoms with van der Waals surface area (Å²) in [7, 11) is 0. The maximum atomic E-state index is 12.1. The zero-order valence-electron chi connectivity index (χ0n) is 6.29. The van der Waals surface area contributed by atoms with Crippen molar-refractivity contribution in [2.45, 2.75) is 19.0 Å². The summed E-state index contributed by atoms with van der Waals surface area (Å²) in [5, 5.41) is 0.528. The maximum Gasteiger partial charge on any atom is 0.416 e. The monoisotopic (exact) mass is 240 g/mol. The molecule has 1 aliphatic rings. The molecule has 0 radical (unpaired) electrons. The number of hydrogen-bond acceptors (Lipinski definition) is 0. The molecule has 0 heterocycles. The van der Waals surface area contributed by atoms with Gasteiger partial charge in [0.2, 0.25) is 0 Å². The highest BCUT2D eigenvalue weighted by molar-refractivity contribution is 9.09. The van der Waals surface area contributed by atoms with Crippen molar-refractivity contribution in [3.05, 3.63) is 23.3 Å². The van der Waals surface area contributed by atoms with Crippen LogP contribution in [0.5, 0.6) is 0 Å². The first-order chi connectivity index (χ1) is 5.54. The molecule has 0 N–H and O–H groups in total. The molecule has 0 aromatic carbocycles. The lowest BCUT2D eigenvalue weighted by molar-refractivity contribution is -0.0887.